The minimum Gasteiger partial charge on any atom is -0.507 e. The highest BCUT2D eigenvalue weighted by Crippen LogP contribution is 2.25. The molecule has 5 heteroatoms. The molecule has 0 heterocycles. The van der Waals surface area contributed by atoms with Crippen molar-refractivity contribution < 1.29 is 9.50 Å². The lowest BCUT2D eigenvalue weighted by molar-refractivity contribution is 0.471. The van der Waals surface area contributed by atoms with Gasteiger partial charge in [-0.3, -0.25) is 0 Å². The van der Waals surface area contributed by atoms with E-state index in [9.17, 15) is 9.50 Å². The molecule has 0 bridgehead atoms. The molecule has 2 nitrogen and oxygen atoms in total. The van der Waals surface area contributed by atoms with Crippen LogP contribution in [0.25, 0.3) is 0 Å². The largest absolute Gasteiger partial charge is 0.507 e. The lowest BCUT2D eigenvalue weighted by Crippen LogP contribution is -1.99. The van der Waals surface area contributed by atoms with Gasteiger partial charge in [-0.05, 0) is 67.8 Å². The van der Waals surface area contributed by atoms with Crippen molar-refractivity contribution in [2.45, 2.75) is 6.54 Å². The summed E-state index contributed by atoms with van der Waals surface area (Å²) < 4.78 is 14.1. The molecular formula is C13H10Br2FNO. The van der Waals surface area contributed by atoms with E-state index in [4.69, 9.17) is 0 Å². The summed E-state index contributed by atoms with van der Waals surface area (Å²) in [6, 6.07) is 10.0. The van der Waals surface area contributed by atoms with E-state index >= 15 is 0 Å². The number of benzene rings is 2. The van der Waals surface area contributed by atoms with E-state index in [-0.39, 0.29) is 11.6 Å². The minimum absolute atomic E-state index is 0.211. The predicted molar refractivity (Wildman–Crippen MR) is 77.2 cm³/mol. The van der Waals surface area contributed by atoms with Crippen molar-refractivity contribution in [2.24, 2.45) is 0 Å². The fourth-order valence-corrected chi connectivity index (χ4v) is 2.28. The van der Waals surface area contributed by atoms with E-state index < -0.39 is 0 Å². The summed E-state index contributed by atoms with van der Waals surface area (Å²) in [6.07, 6.45) is 0. The van der Waals surface area contributed by atoms with Gasteiger partial charge in [0.1, 0.15) is 11.6 Å². The first kappa shape index (κ1) is 13.4. The van der Waals surface area contributed by atoms with E-state index in [0.717, 1.165) is 11.3 Å². The Morgan fingerprint density at radius 2 is 1.83 bits per heavy atom. The van der Waals surface area contributed by atoms with Crippen molar-refractivity contribution in [3.05, 3.63) is 56.7 Å². The molecule has 0 unspecified atom stereocenters. The van der Waals surface area contributed by atoms with Crippen LogP contribution in [0.4, 0.5) is 10.1 Å². The molecule has 0 aliphatic heterocycles. The second-order valence-corrected chi connectivity index (χ2v) is 5.48. The molecule has 0 fully saturated rings. The number of phenolic OH excluding ortho intramolecular Hbond substituents is 1. The van der Waals surface area contributed by atoms with E-state index in [1.54, 1.807) is 18.2 Å². The second-order valence-electron chi connectivity index (χ2n) is 3.77. The normalized spacial score (nSPS) is 10.4. The molecule has 0 spiro atoms. The van der Waals surface area contributed by atoms with Crippen LogP contribution in [0.5, 0.6) is 5.75 Å². The van der Waals surface area contributed by atoms with Gasteiger partial charge in [0.2, 0.25) is 0 Å². The van der Waals surface area contributed by atoms with Crippen LogP contribution in [0.3, 0.4) is 0 Å². The summed E-state index contributed by atoms with van der Waals surface area (Å²) in [5.74, 6) is -0.0730. The summed E-state index contributed by atoms with van der Waals surface area (Å²) in [7, 11) is 0. The summed E-state index contributed by atoms with van der Waals surface area (Å²) in [5.41, 5.74) is 1.84. The molecule has 0 radical (unpaired) electrons. The van der Waals surface area contributed by atoms with Crippen LogP contribution in [-0.4, -0.2) is 5.11 Å². The first-order valence-corrected chi connectivity index (χ1v) is 6.81. The first-order valence-electron chi connectivity index (χ1n) is 5.22. The number of nitrogens with one attached hydrogen (secondary N) is 1. The van der Waals surface area contributed by atoms with Crippen LogP contribution in [-0.2, 0) is 6.54 Å². The van der Waals surface area contributed by atoms with Gasteiger partial charge in [0.05, 0.1) is 8.95 Å². The van der Waals surface area contributed by atoms with Crippen molar-refractivity contribution in [1.82, 2.24) is 0 Å². The number of hydrogen-bond acceptors (Lipinski definition) is 2. The lowest BCUT2D eigenvalue weighted by Gasteiger charge is -2.08. The molecule has 2 rings (SSSR count). The molecule has 0 aromatic heterocycles. The van der Waals surface area contributed by atoms with E-state index in [1.807, 2.05) is 12.1 Å². The Hall–Kier alpha value is -1.07. The highest BCUT2D eigenvalue weighted by molar-refractivity contribution is 9.10. The smallest absolute Gasteiger partial charge is 0.137 e. The van der Waals surface area contributed by atoms with Crippen LogP contribution < -0.4 is 5.32 Å². The third-order valence-corrected chi connectivity index (χ3v) is 3.67. The molecule has 0 atom stereocenters. The Balaban J connectivity index is 2.06. The first-order chi connectivity index (χ1) is 8.56. The van der Waals surface area contributed by atoms with Crippen molar-refractivity contribution >= 4 is 37.5 Å². The molecule has 18 heavy (non-hydrogen) atoms. The maximum atomic E-state index is 13.1. The molecule has 94 valence electrons. The van der Waals surface area contributed by atoms with Gasteiger partial charge in [0, 0.05) is 12.2 Å². The van der Waals surface area contributed by atoms with Gasteiger partial charge in [0.15, 0.2) is 0 Å². The monoisotopic (exact) mass is 373 g/mol. The Labute approximate surface area is 121 Å². The lowest BCUT2D eigenvalue weighted by atomic mass is 10.2. The standard InChI is InChI=1S/C13H10Br2FNO/c14-10-6-9(2-3-12(10)16)17-7-8-1-4-13(18)11(15)5-8/h1-6,17-18H,7H2. The summed E-state index contributed by atoms with van der Waals surface area (Å²) in [5, 5.41) is 12.6. The van der Waals surface area contributed by atoms with Gasteiger partial charge in [0.25, 0.3) is 0 Å². The van der Waals surface area contributed by atoms with Crippen LogP contribution in [0.15, 0.2) is 45.3 Å². The van der Waals surface area contributed by atoms with Crippen molar-refractivity contribution in [1.29, 1.82) is 0 Å². The number of rotatable bonds is 3. The molecule has 2 aromatic carbocycles. The zero-order valence-electron chi connectivity index (χ0n) is 9.25. The molecule has 0 aliphatic rings. The van der Waals surface area contributed by atoms with Crippen LogP contribution >= 0.6 is 31.9 Å². The molecule has 0 amide bonds. The number of halogens is 3. The van der Waals surface area contributed by atoms with Gasteiger partial charge in [-0.15, -0.1) is 0 Å². The zero-order chi connectivity index (χ0) is 13.1. The average Bonchev–Trinajstić information content (AvgIpc) is 2.35. The summed E-state index contributed by atoms with van der Waals surface area (Å²) >= 11 is 6.40. The maximum Gasteiger partial charge on any atom is 0.137 e. The van der Waals surface area contributed by atoms with E-state index in [2.05, 4.69) is 37.2 Å². The Morgan fingerprint density at radius 1 is 1.06 bits per heavy atom. The summed E-state index contributed by atoms with van der Waals surface area (Å²) in [4.78, 5) is 0. The molecular weight excluding hydrogens is 365 g/mol. The number of phenols is 1. The average molecular weight is 375 g/mol. The van der Waals surface area contributed by atoms with Gasteiger partial charge < -0.3 is 10.4 Å². The summed E-state index contributed by atoms with van der Waals surface area (Å²) in [6.45, 7) is 0.594. The number of hydrogen-bond donors (Lipinski definition) is 2. The third kappa shape index (κ3) is 3.23. The maximum absolute atomic E-state index is 13.1. The van der Waals surface area contributed by atoms with Crippen LogP contribution in [0, 0.1) is 5.82 Å². The van der Waals surface area contributed by atoms with Crippen molar-refractivity contribution in [3.63, 3.8) is 0 Å². The zero-order valence-corrected chi connectivity index (χ0v) is 12.4. The predicted octanol–water partition coefficient (Wildman–Crippen LogP) is 4.67. The number of aromatic hydroxyl groups is 1. The molecule has 2 N–H and O–H groups in total. The SMILES string of the molecule is Oc1ccc(CNc2ccc(F)c(Br)c2)cc1Br. The molecule has 0 saturated carbocycles. The van der Waals surface area contributed by atoms with Crippen LogP contribution in [0.1, 0.15) is 5.56 Å². The Bertz CT molecular complexity index is 523. The highest BCUT2D eigenvalue weighted by Gasteiger charge is 2.02. The molecule has 0 aliphatic carbocycles. The number of anilines is 1. The van der Waals surface area contributed by atoms with Gasteiger partial charge >= 0.3 is 0 Å². The van der Waals surface area contributed by atoms with Crippen LogP contribution in [0.2, 0.25) is 0 Å². The van der Waals surface area contributed by atoms with Gasteiger partial charge in [-0.25, -0.2) is 4.39 Å². The fourth-order valence-electron chi connectivity index (χ4n) is 1.47. The third-order valence-electron chi connectivity index (χ3n) is 2.43. The van der Waals surface area contributed by atoms with E-state index in [1.165, 1.54) is 6.07 Å². The highest BCUT2D eigenvalue weighted by atomic mass is 79.9. The Morgan fingerprint density at radius 3 is 2.50 bits per heavy atom. The van der Waals surface area contributed by atoms with Crippen molar-refractivity contribution in [3.8, 4) is 5.75 Å². The van der Waals surface area contributed by atoms with E-state index in [0.29, 0.717) is 15.5 Å². The molecule has 0 saturated heterocycles. The topological polar surface area (TPSA) is 32.3 Å². The second kappa shape index (κ2) is 5.71. The quantitative estimate of drug-likeness (QED) is 0.818. The van der Waals surface area contributed by atoms with Gasteiger partial charge in [-0.2, -0.15) is 0 Å². The van der Waals surface area contributed by atoms with Gasteiger partial charge in [-0.1, -0.05) is 6.07 Å². The van der Waals surface area contributed by atoms with Crippen molar-refractivity contribution in [2.75, 3.05) is 5.32 Å². The minimum atomic E-state index is -0.284. The molecule has 2 aromatic rings. The Kier molecular flexibility index (Phi) is 4.24. The fraction of sp³-hybridized carbons (Fsp3) is 0.0769.